The molecule has 0 aromatic heterocycles. The third-order valence-electron chi connectivity index (χ3n) is 6.39. The van der Waals surface area contributed by atoms with E-state index in [4.69, 9.17) is 9.47 Å². The van der Waals surface area contributed by atoms with Crippen LogP contribution in [0.25, 0.3) is 0 Å². The number of carbonyl (C=O) groups excluding carboxylic acids is 2. The molecular formula is C28H28N2O4. The molecule has 6 heteroatoms. The number of urea groups is 1. The molecule has 174 valence electrons. The summed E-state index contributed by atoms with van der Waals surface area (Å²) in [6, 6.07) is 23.7. The summed E-state index contributed by atoms with van der Waals surface area (Å²) >= 11 is 0. The number of carbonyl (C=O) groups is 2. The number of methoxy groups -OCH3 is 2. The lowest BCUT2D eigenvalue weighted by Gasteiger charge is -2.48. The van der Waals surface area contributed by atoms with Crippen molar-refractivity contribution in [3.63, 3.8) is 0 Å². The van der Waals surface area contributed by atoms with E-state index < -0.39 is 17.5 Å². The molecule has 0 saturated carbocycles. The van der Waals surface area contributed by atoms with Crippen LogP contribution in [-0.2, 0) is 11.2 Å². The lowest BCUT2D eigenvalue weighted by Crippen LogP contribution is -2.65. The fraction of sp³-hybridized carbons (Fsp3) is 0.214. The molecule has 1 aliphatic heterocycles. The Morgan fingerprint density at radius 1 is 0.794 bits per heavy atom. The predicted octanol–water partition coefficient (Wildman–Crippen LogP) is 5.62. The first-order valence-electron chi connectivity index (χ1n) is 11.1. The number of hydrogen-bond acceptors (Lipinski definition) is 4. The minimum atomic E-state index is -0.915. The van der Waals surface area contributed by atoms with Crippen molar-refractivity contribution in [2.75, 3.05) is 24.0 Å². The number of amides is 3. The van der Waals surface area contributed by atoms with E-state index >= 15 is 0 Å². The largest absolute Gasteiger partial charge is 0.497 e. The number of anilines is 2. The van der Waals surface area contributed by atoms with Crippen LogP contribution in [-0.4, -0.2) is 31.7 Å². The highest BCUT2D eigenvalue weighted by molar-refractivity contribution is 6.28. The number of ether oxygens (including phenoxy) is 2. The Balaban J connectivity index is 1.77. The monoisotopic (exact) mass is 456 g/mol. The van der Waals surface area contributed by atoms with E-state index in [-0.39, 0.29) is 0 Å². The van der Waals surface area contributed by atoms with Crippen LogP contribution in [0.3, 0.4) is 0 Å². The van der Waals surface area contributed by atoms with Crippen molar-refractivity contribution in [2.24, 2.45) is 0 Å². The maximum absolute atomic E-state index is 13.9. The summed E-state index contributed by atoms with van der Waals surface area (Å²) in [6.07, 6.45) is 1.22. The van der Waals surface area contributed by atoms with Crippen LogP contribution in [0, 0.1) is 0 Å². The molecule has 3 aromatic rings. The van der Waals surface area contributed by atoms with Crippen molar-refractivity contribution >= 4 is 23.3 Å². The molecule has 3 amide bonds. The van der Waals surface area contributed by atoms with E-state index in [1.54, 1.807) is 55.5 Å². The van der Waals surface area contributed by atoms with Gasteiger partial charge in [-0.05, 0) is 73.9 Å². The van der Waals surface area contributed by atoms with Gasteiger partial charge in [-0.3, -0.25) is 9.69 Å². The smallest absolute Gasteiger partial charge is 0.336 e. The van der Waals surface area contributed by atoms with Crippen molar-refractivity contribution in [1.29, 1.82) is 0 Å². The van der Waals surface area contributed by atoms with E-state index in [0.29, 0.717) is 41.3 Å². The van der Waals surface area contributed by atoms with Crippen LogP contribution in [0.15, 0.2) is 91.0 Å². The van der Waals surface area contributed by atoms with Gasteiger partial charge in [0.25, 0.3) is 5.91 Å². The number of benzene rings is 3. The molecule has 0 aliphatic carbocycles. The summed E-state index contributed by atoms with van der Waals surface area (Å²) in [5, 5.41) is 0. The quantitative estimate of drug-likeness (QED) is 0.433. The van der Waals surface area contributed by atoms with Gasteiger partial charge >= 0.3 is 6.03 Å². The molecule has 0 radical (unpaired) electrons. The molecule has 1 aliphatic rings. The predicted molar refractivity (Wildman–Crippen MR) is 134 cm³/mol. The van der Waals surface area contributed by atoms with Crippen molar-refractivity contribution in [2.45, 2.75) is 25.3 Å². The Morgan fingerprint density at radius 3 is 1.85 bits per heavy atom. The fourth-order valence-corrected chi connectivity index (χ4v) is 4.28. The summed E-state index contributed by atoms with van der Waals surface area (Å²) in [6.45, 7) is 6.09. The Morgan fingerprint density at radius 2 is 1.32 bits per heavy atom. The lowest BCUT2D eigenvalue weighted by atomic mass is 9.81. The second kappa shape index (κ2) is 9.43. The number of imide groups is 1. The molecule has 1 fully saturated rings. The van der Waals surface area contributed by atoms with Crippen molar-refractivity contribution in [1.82, 2.24) is 0 Å². The first-order valence-corrected chi connectivity index (χ1v) is 11.1. The number of aryl methyl sites for hydroxylation is 1. The second-order valence-corrected chi connectivity index (χ2v) is 8.39. The van der Waals surface area contributed by atoms with Gasteiger partial charge < -0.3 is 9.47 Å². The van der Waals surface area contributed by atoms with Crippen LogP contribution in [0.4, 0.5) is 16.2 Å². The van der Waals surface area contributed by atoms with E-state index in [0.717, 1.165) is 5.56 Å². The van der Waals surface area contributed by atoms with Gasteiger partial charge in [0.15, 0.2) is 0 Å². The fourth-order valence-electron chi connectivity index (χ4n) is 4.28. The Labute approximate surface area is 200 Å². The van der Waals surface area contributed by atoms with Gasteiger partial charge in [0.1, 0.15) is 11.5 Å². The van der Waals surface area contributed by atoms with Crippen LogP contribution in [0.1, 0.15) is 18.9 Å². The molecule has 0 N–H and O–H groups in total. The summed E-state index contributed by atoms with van der Waals surface area (Å²) in [4.78, 5) is 30.3. The highest BCUT2D eigenvalue weighted by Crippen LogP contribution is 2.41. The van der Waals surface area contributed by atoms with Gasteiger partial charge in [0.2, 0.25) is 0 Å². The zero-order chi connectivity index (χ0) is 24.3. The van der Waals surface area contributed by atoms with Crippen molar-refractivity contribution in [3.05, 3.63) is 96.6 Å². The molecule has 1 saturated heterocycles. The zero-order valence-corrected chi connectivity index (χ0v) is 19.7. The van der Waals surface area contributed by atoms with Crippen LogP contribution in [0.2, 0.25) is 0 Å². The number of nitrogens with zero attached hydrogens (tertiary/aromatic N) is 2. The topological polar surface area (TPSA) is 59.1 Å². The molecule has 4 rings (SSSR count). The average Bonchev–Trinajstić information content (AvgIpc) is 2.88. The number of rotatable bonds is 7. The lowest BCUT2D eigenvalue weighted by molar-refractivity contribution is -0.115. The molecule has 1 heterocycles. The first-order chi connectivity index (χ1) is 16.4. The number of hydrogen-bond donors (Lipinski definition) is 0. The SMILES string of the molecule is C=C1C(=O)N(c2ccc(OC)cc2)C(=O)N(c2ccc(OC)cc2)C1(C)CCc1ccccc1. The van der Waals surface area contributed by atoms with Gasteiger partial charge in [-0.2, -0.15) is 0 Å². The summed E-state index contributed by atoms with van der Waals surface area (Å²) in [7, 11) is 3.16. The van der Waals surface area contributed by atoms with Gasteiger partial charge in [0, 0.05) is 11.3 Å². The van der Waals surface area contributed by atoms with Gasteiger partial charge in [-0.15, -0.1) is 0 Å². The third kappa shape index (κ3) is 4.15. The Bertz CT molecular complexity index is 1190. The molecule has 3 aromatic carbocycles. The van der Waals surface area contributed by atoms with E-state index in [2.05, 4.69) is 6.58 Å². The van der Waals surface area contributed by atoms with Crippen molar-refractivity contribution < 1.29 is 19.1 Å². The standard InChI is InChI=1S/C28H28N2O4/c1-20-26(31)29(22-10-14-24(33-3)15-11-22)27(32)30(23-12-16-25(34-4)17-13-23)28(20,2)19-18-21-8-6-5-7-9-21/h5-17H,1,18-19H2,2-4H3. The minimum absolute atomic E-state index is 0.356. The van der Waals surface area contributed by atoms with Crippen LogP contribution >= 0.6 is 0 Å². The molecule has 1 unspecified atom stereocenters. The second-order valence-electron chi connectivity index (χ2n) is 8.39. The molecule has 0 spiro atoms. The molecule has 6 nitrogen and oxygen atoms in total. The van der Waals surface area contributed by atoms with Gasteiger partial charge in [-0.1, -0.05) is 36.9 Å². The van der Waals surface area contributed by atoms with Crippen LogP contribution < -0.4 is 19.3 Å². The van der Waals surface area contributed by atoms with Gasteiger partial charge in [0.05, 0.1) is 25.4 Å². The summed E-state index contributed by atoms with van der Waals surface area (Å²) in [5.41, 5.74) is 1.69. The van der Waals surface area contributed by atoms with E-state index in [1.807, 2.05) is 49.4 Å². The molecule has 1 atom stereocenters. The maximum Gasteiger partial charge on any atom is 0.336 e. The molecule has 34 heavy (non-hydrogen) atoms. The minimum Gasteiger partial charge on any atom is -0.497 e. The van der Waals surface area contributed by atoms with Crippen LogP contribution in [0.5, 0.6) is 11.5 Å². The normalized spacial score (nSPS) is 18.3. The third-order valence-corrected chi connectivity index (χ3v) is 6.39. The summed E-state index contributed by atoms with van der Waals surface area (Å²) < 4.78 is 10.5. The highest BCUT2D eigenvalue weighted by atomic mass is 16.5. The van der Waals surface area contributed by atoms with E-state index in [1.165, 1.54) is 4.90 Å². The highest BCUT2D eigenvalue weighted by Gasteiger charge is 2.50. The Kier molecular flexibility index (Phi) is 6.41. The maximum atomic E-state index is 13.9. The molecule has 0 bridgehead atoms. The summed E-state index contributed by atoms with van der Waals surface area (Å²) in [5.74, 6) is 0.913. The molecular weight excluding hydrogens is 428 g/mol. The zero-order valence-electron chi connectivity index (χ0n) is 19.7. The van der Waals surface area contributed by atoms with E-state index in [9.17, 15) is 9.59 Å². The first kappa shape index (κ1) is 23.1. The Hall–Kier alpha value is -4.06. The van der Waals surface area contributed by atoms with Gasteiger partial charge in [-0.25, -0.2) is 9.69 Å². The van der Waals surface area contributed by atoms with Crippen molar-refractivity contribution in [3.8, 4) is 11.5 Å². The average molecular weight is 457 g/mol.